The molecule has 0 aliphatic carbocycles. The highest BCUT2D eigenvalue weighted by molar-refractivity contribution is 7.89. The second-order valence-electron chi connectivity index (χ2n) is 7.30. The lowest BCUT2D eigenvalue weighted by Crippen LogP contribution is -2.35. The van der Waals surface area contributed by atoms with Gasteiger partial charge in [0.05, 0.1) is 16.3 Å². The van der Waals surface area contributed by atoms with Crippen LogP contribution in [0.15, 0.2) is 65.8 Å². The first-order valence-electron chi connectivity index (χ1n) is 10.0. The van der Waals surface area contributed by atoms with Crippen LogP contribution in [0.3, 0.4) is 0 Å². The summed E-state index contributed by atoms with van der Waals surface area (Å²) >= 11 is 6.17. The molecule has 0 atom stereocenters. The third-order valence-corrected chi connectivity index (χ3v) is 7.56. The lowest BCUT2D eigenvalue weighted by Gasteiger charge is -2.26. The third kappa shape index (κ3) is 4.81. The Morgan fingerprint density at radius 1 is 1.06 bits per heavy atom. The number of rotatable bonds is 6. The maximum Gasteiger partial charge on any atom is 0.338 e. The van der Waals surface area contributed by atoms with E-state index in [0.29, 0.717) is 13.1 Å². The van der Waals surface area contributed by atoms with Gasteiger partial charge in [0.25, 0.3) is 0 Å². The molecular formula is C22H22ClN3O4S. The molecule has 0 spiro atoms. The van der Waals surface area contributed by atoms with Crippen molar-refractivity contribution in [3.8, 4) is 5.69 Å². The van der Waals surface area contributed by atoms with Gasteiger partial charge in [-0.15, -0.1) is 0 Å². The minimum Gasteiger partial charge on any atom is -0.457 e. The van der Waals surface area contributed by atoms with Crippen molar-refractivity contribution in [3.05, 3.63) is 77.1 Å². The van der Waals surface area contributed by atoms with Crippen molar-refractivity contribution in [2.24, 2.45) is 0 Å². The molecule has 4 rings (SSSR count). The molecule has 7 nitrogen and oxygen atoms in total. The number of benzene rings is 2. The lowest BCUT2D eigenvalue weighted by atomic mass is 10.2. The number of nitrogens with zero attached hydrogens (tertiary/aromatic N) is 3. The summed E-state index contributed by atoms with van der Waals surface area (Å²) in [6.07, 6.45) is 6.18. The van der Waals surface area contributed by atoms with Crippen molar-refractivity contribution in [3.63, 3.8) is 0 Å². The molecule has 0 N–H and O–H groups in total. The van der Waals surface area contributed by atoms with Gasteiger partial charge in [0, 0.05) is 25.5 Å². The number of aromatic nitrogens is 2. The Morgan fingerprint density at radius 3 is 2.48 bits per heavy atom. The molecule has 31 heavy (non-hydrogen) atoms. The first-order chi connectivity index (χ1) is 14.9. The Morgan fingerprint density at radius 2 is 1.81 bits per heavy atom. The Hall–Kier alpha value is -2.68. The number of carbonyl (C=O) groups is 1. The quantitative estimate of drug-likeness (QED) is 0.519. The Labute approximate surface area is 186 Å². The van der Waals surface area contributed by atoms with E-state index in [4.69, 9.17) is 16.3 Å². The summed E-state index contributed by atoms with van der Waals surface area (Å²) in [4.78, 5) is 12.5. The van der Waals surface area contributed by atoms with Crippen LogP contribution in [-0.4, -0.2) is 41.6 Å². The highest BCUT2D eigenvalue weighted by atomic mass is 35.5. The normalized spacial score (nSPS) is 15.0. The molecule has 2 heterocycles. The van der Waals surface area contributed by atoms with E-state index in [-0.39, 0.29) is 22.1 Å². The van der Waals surface area contributed by atoms with Crippen LogP contribution >= 0.6 is 11.6 Å². The van der Waals surface area contributed by atoms with Crippen LogP contribution in [0.1, 0.15) is 35.2 Å². The highest BCUT2D eigenvalue weighted by Crippen LogP contribution is 2.28. The molecule has 1 aromatic heterocycles. The van der Waals surface area contributed by atoms with Crippen LogP contribution < -0.4 is 0 Å². The smallest absolute Gasteiger partial charge is 0.338 e. The second-order valence-corrected chi connectivity index (χ2v) is 9.62. The van der Waals surface area contributed by atoms with Gasteiger partial charge in [0.15, 0.2) is 0 Å². The van der Waals surface area contributed by atoms with Crippen molar-refractivity contribution >= 4 is 27.6 Å². The first-order valence-corrected chi connectivity index (χ1v) is 11.8. The molecule has 0 bridgehead atoms. The maximum atomic E-state index is 13.0. The second kappa shape index (κ2) is 9.21. The SMILES string of the molecule is O=C(OCc1ccc(-n2cccn2)cc1)c1ccc(Cl)c(S(=O)(=O)N2CCCCC2)c1. The number of ether oxygens (including phenoxy) is 1. The topological polar surface area (TPSA) is 81.5 Å². The monoisotopic (exact) mass is 459 g/mol. The fraction of sp³-hybridized carbons (Fsp3) is 0.273. The third-order valence-electron chi connectivity index (χ3n) is 5.17. The zero-order valence-corrected chi connectivity index (χ0v) is 18.3. The van der Waals surface area contributed by atoms with Gasteiger partial charge in [-0.1, -0.05) is 30.2 Å². The zero-order valence-electron chi connectivity index (χ0n) is 16.8. The largest absolute Gasteiger partial charge is 0.457 e. The molecule has 0 radical (unpaired) electrons. The van der Waals surface area contributed by atoms with Gasteiger partial charge >= 0.3 is 5.97 Å². The van der Waals surface area contributed by atoms with Gasteiger partial charge in [-0.3, -0.25) is 0 Å². The molecule has 162 valence electrons. The molecule has 3 aromatic rings. The van der Waals surface area contributed by atoms with E-state index in [2.05, 4.69) is 5.10 Å². The standard InChI is InChI=1S/C22H22ClN3O4S/c23-20-10-7-18(15-21(20)31(28,29)25-12-2-1-3-13-25)22(27)30-16-17-5-8-19(9-6-17)26-14-4-11-24-26/h4-11,14-15H,1-3,12-13,16H2. The molecule has 1 fully saturated rings. The zero-order chi connectivity index (χ0) is 21.8. The number of carbonyl (C=O) groups excluding carboxylic acids is 1. The molecular weight excluding hydrogens is 438 g/mol. The van der Waals surface area contributed by atoms with Crippen LogP contribution in [0, 0.1) is 0 Å². The van der Waals surface area contributed by atoms with Crippen molar-refractivity contribution in [2.75, 3.05) is 13.1 Å². The summed E-state index contributed by atoms with van der Waals surface area (Å²) in [5.41, 5.74) is 1.85. The minimum absolute atomic E-state index is 0.0610. The molecule has 0 amide bonds. The maximum absolute atomic E-state index is 13.0. The molecule has 0 unspecified atom stereocenters. The highest BCUT2D eigenvalue weighted by Gasteiger charge is 2.29. The van der Waals surface area contributed by atoms with Crippen LogP contribution in [0.2, 0.25) is 5.02 Å². The van der Waals surface area contributed by atoms with Gasteiger partial charge in [-0.2, -0.15) is 9.40 Å². The predicted octanol–water partition coefficient (Wildman–Crippen LogP) is 4.06. The van der Waals surface area contributed by atoms with Crippen LogP contribution in [0.5, 0.6) is 0 Å². The Bertz CT molecular complexity index is 1160. The fourth-order valence-corrected chi connectivity index (χ4v) is 5.49. The van der Waals surface area contributed by atoms with Crippen molar-refractivity contribution < 1.29 is 17.9 Å². The van der Waals surface area contributed by atoms with Crippen LogP contribution in [-0.2, 0) is 21.4 Å². The van der Waals surface area contributed by atoms with Crippen molar-refractivity contribution in [1.82, 2.24) is 14.1 Å². The van der Waals surface area contributed by atoms with Crippen LogP contribution in [0.25, 0.3) is 5.69 Å². The summed E-state index contributed by atoms with van der Waals surface area (Å²) in [5, 5.41) is 4.26. The van der Waals surface area contributed by atoms with Crippen molar-refractivity contribution in [1.29, 1.82) is 0 Å². The number of hydrogen-bond donors (Lipinski definition) is 0. The van der Waals surface area contributed by atoms with E-state index in [1.807, 2.05) is 36.5 Å². The van der Waals surface area contributed by atoms with Crippen molar-refractivity contribution in [2.45, 2.75) is 30.8 Å². The van der Waals surface area contributed by atoms with E-state index >= 15 is 0 Å². The predicted molar refractivity (Wildman–Crippen MR) is 117 cm³/mol. The number of sulfonamides is 1. The number of esters is 1. The van der Waals surface area contributed by atoms with Gasteiger partial charge in [-0.25, -0.2) is 17.9 Å². The number of hydrogen-bond acceptors (Lipinski definition) is 5. The molecule has 1 aliphatic rings. The van der Waals surface area contributed by atoms with Gasteiger partial charge in [-0.05, 0) is 54.8 Å². The van der Waals surface area contributed by atoms with E-state index in [0.717, 1.165) is 30.5 Å². The fourth-order valence-electron chi connectivity index (χ4n) is 3.47. The van der Waals surface area contributed by atoms with E-state index in [9.17, 15) is 13.2 Å². The molecule has 1 aliphatic heterocycles. The Kier molecular flexibility index (Phi) is 6.41. The Balaban J connectivity index is 1.46. The van der Waals surface area contributed by atoms with E-state index < -0.39 is 16.0 Å². The van der Waals surface area contributed by atoms with Crippen LogP contribution in [0.4, 0.5) is 0 Å². The average molecular weight is 460 g/mol. The summed E-state index contributed by atoms with van der Waals surface area (Å²) in [6, 6.07) is 13.5. The number of piperidine rings is 1. The van der Waals surface area contributed by atoms with Gasteiger partial charge in [0.1, 0.15) is 11.5 Å². The molecule has 2 aromatic carbocycles. The number of halogens is 1. The lowest BCUT2D eigenvalue weighted by molar-refractivity contribution is 0.0472. The summed E-state index contributed by atoms with van der Waals surface area (Å²) in [6.45, 7) is 0.985. The summed E-state index contributed by atoms with van der Waals surface area (Å²) in [5.74, 6) is -0.608. The van der Waals surface area contributed by atoms with E-state index in [1.165, 1.54) is 22.5 Å². The summed E-state index contributed by atoms with van der Waals surface area (Å²) in [7, 11) is -3.76. The molecule has 9 heteroatoms. The average Bonchev–Trinajstić information content (AvgIpc) is 3.33. The first kappa shape index (κ1) is 21.5. The summed E-state index contributed by atoms with van der Waals surface area (Å²) < 4.78 is 34.5. The van der Waals surface area contributed by atoms with E-state index in [1.54, 1.807) is 10.9 Å². The molecule has 0 saturated carbocycles. The minimum atomic E-state index is -3.76. The van der Waals surface area contributed by atoms with Gasteiger partial charge < -0.3 is 4.74 Å². The van der Waals surface area contributed by atoms with Gasteiger partial charge in [0.2, 0.25) is 10.0 Å². The molecule has 1 saturated heterocycles.